The fourth-order valence-corrected chi connectivity index (χ4v) is 9.13. The van der Waals surface area contributed by atoms with Crippen molar-refractivity contribution in [2.24, 2.45) is 46.3 Å². The van der Waals surface area contributed by atoms with E-state index in [4.69, 9.17) is 9.84 Å². The van der Waals surface area contributed by atoms with Crippen molar-refractivity contribution in [3.63, 3.8) is 0 Å². The Morgan fingerprint density at radius 2 is 1.76 bits per heavy atom. The minimum absolute atomic E-state index is 0.339. The van der Waals surface area contributed by atoms with Gasteiger partial charge in [-0.05, 0) is 117 Å². The van der Waals surface area contributed by atoms with Crippen molar-refractivity contribution in [2.45, 2.75) is 104 Å². The first-order valence-corrected chi connectivity index (χ1v) is 12.6. The molecule has 4 fully saturated rings. The number of carbonyl (C=O) groups is 1. The second kappa shape index (κ2) is 8.17. The van der Waals surface area contributed by atoms with Crippen molar-refractivity contribution in [1.82, 2.24) is 0 Å². The SMILES string of the molecule is CCO[C@H]1CC[C@@]2(C)[C@H](CC[C@@H]3[C@@H]2CC[C@]2(C)[C@@H]([C@H](C)CCC(=O)O)CC[C@@H]32)C1. The average Bonchev–Trinajstić information content (AvgIpc) is 3.04. The molecule has 1 N–H and O–H groups in total. The molecule has 29 heavy (non-hydrogen) atoms. The Bertz CT molecular complexity index is 603. The van der Waals surface area contributed by atoms with Crippen LogP contribution in [0.15, 0.2) is 0 Å². The van der Waals surface area contributed by atoms with E-state index >= 15 is 0 Å². The van der Waals surface area contributed by atoms with E-state index in [2.05, 4.69) is 27.7 Å². The van der Waals surface area contributed by atoms with Gasteiger partial charge in [-0.2, -0.15) is 0 Å². The highest BCUT2D eigenvalue weighted by molar-refractivity contribution is 5.66. The van der Waals surface area contributed by atoms with Crippen LogP contribution < -0.4 is 0 Å². The number of hydrogen-bond donors (Lipinski definition) is 1. The number of carboxylic acid groups (broad SMARTS) is 1. The van der Waals surface area contributed by atoms with Crippen molar-refractivity contribution < 1.29 is 14.6 Å². The quantitative estimate of drug-likeness (QED) is 0.546. The predicted molar refractivity (Wildman–Crippen MR) is 117 cm³/mol. The third kappa shape index (κ3) is 3.68. The smallest absolute Gasteiger partial charge is 0.303 e. The Morgan fingerprint density at radius 3 is 2.48 bits per heavy atom. The highest BCUT2D eigenvalue weighted by atomic mass is 16.5. The van der Waals surface area contributed by atoms with Crippen LogP contribution in [0.2, 0.25) is 0 Å². The molecule has 0 heterocycles. The zero-order valence-corrected chi connectivity index (χ0v) is 19.3. The summed E-state index contributed by atoms with van der Waals surface area (Å²) in [6.45, 7) is 10.6. The van der Waals surface area contributed by atoms with Crippen LogP contribution in [-0.4, -0.2) is 23.8 Å². The van der Waals surface area contributed by atoms with Gasteiger partial charge in [-0.25, -0.2) is 0 Å². The number of aliphatic carboxylic acids is 1. The molecule has 0 saturated heterocycles. The Labute approximate surface area is 178 Å². The van der Waals surface area contributed by atoms with Crippen molar-refractivity contribution in [3.05, 3.63) is 0 Å². The molecular formula is C26H44O3. The topological polar surface area (TPSA) is 46.5 Å². The minimum atomic E-state index is -0.630. The number of rotatable bonds is 6. The van der Waals surface area contributed by atoms with Gasteiger partial charge in [0, 0.05) is 13.0 Å². The lowest BCUT2D eigenvalue weighted by Crippen LogP contribution is -2.54. The van der Waals surface area contributed by atoms with E-state index in [1.165, 1.54) is 57.8 Å². The molecule has 9 atom stereocenters. The molecule has 0 bridgehead atoms. The molecule has 0 aromatic heterocycles. The lowest BCUT2D eigenvalue weighted by molar-refractivity contribution is -0.139. The standard InChI is InChI=1S/C26H44O3/c1-5-29-19-12-14-25(3)18(16-19)7-8-20-22-10-9-21(17(2)6-11-24(27)28)26(22,4)15-13-23(20)25/h17-23H,5-16H2,1-4H3,(H,27,28)/t17-,18-,19+,20+,21-,22+,23+,25+,26-/m1/s1. The van der Waals surface area contributed by atoms with E-state index in [1.54, 1.807) is 0 Å². The highest BCUT2D eigenvalue weighted by Crippen LogP contribution is 2.68. The summed E-state index contributed by atoms with van der Waals surface area (Å²) in [7, 11) is 0. The summed E-state index contributed by atoms with van der Waals surface area (Å²) in [6.07, 6.45) is 14.0. The first-order valence-electron chi connectivity index (χ1n) is 12.6. The summed E-state index contributed by atoms with van der Waals surface area (Å²) in [6, 6.07) is 0. The molecule has 0 spiro atoms. The van der Waals surface area contributed by atoms with Crippen molar-refractivity contribution in [1.29, 1.82) is 0 Å². The van der Waals surface area contributed by atoms with Crippen molar-refractivity contribution in [3.8, 4) is 0 Å². The number of fused-ring (bicyclic) bond motifs is 5. The molecule has 0 unspecified atom stereocenters. The van der Waals surface area contributed by atoms with Gasteiger partial charge in [-0.1, -0.05) is 20.8 Å². The van der Waals surface area contributed by atoms with Gasteiger partial charge in [0.25, 0.3) is 0 Å². The molecule has 166 valence electrons. The molecule has 4 aliphatic rings. The summed E-state index contributed by atoms with van der Waals surface area (Å²) in [5.74, 6) is 4.21. The molecule has 0 amide bonds. The molecule has 4 saturated carbocycles. The molecule has 0 radical (unpaired) electrons. The molecule has 4 rings (SSSR count). The van der Waals surface area contributed by atoms with E-state index in [-0.39, 0.29) is 0 Å². The molecule has 4 aliphatic carbocycles. The molecule has 0 aromatic rings. The maximum atomic E-state index is 11.1. The number of hydrogen-bond acceptors (Lipinski definition) is 2. The van der Waals surface area contributed by atoms with E-state index in [0.29, 0.717) is 29.3 Å². The summed E-state index contributed by atoms with van der Waals surface area (Å²) >= 11 is 0. The van der Waals surface area contributed by atoms with E-state index in [1.807, 2.05) is 0 Å². The Balaban J connectivity index is 1.47. The number of ether oxygens (including phenoxy) is 1. The maximum Gasteiger partial charge on any atom is 0.303 e. The number of carboxylic acids is 1. The van der Waals surface area contributed by atoms with Crippen LogP contribution >= 0.6 is 0 Å². The maximum absolute atomic E-state index is 11.1. The molecule has 3 nitrogen and oxygen atoms in total. The monoisotopic (exact) mass is 404 g/mol. The van der Waals surface area contributed by atoms with Gasteiger partial charge in [-0.15, -0.1) is 0 Å². The minimum Gasteiger partial charge on any atom is -0.481 e. The lowest BCUT2D eigenvalue weighted by Gasteiger charge is -2.61. The Hall–Kier alpha value is -0.570. The van der Waals surface area contributed by atoms with Crippen molar-refractivity contribution in [2.75, 3.05) is 6.61 Å². The summed E-state index contributed by atoms with van der Waals surface area (Å²) in [4.78, 5) is 11.1. The third-order valence-corrected chi connectivity index (χ3v) is 10.6. The van der Waals surface area contributed by atoms with Gasteiger partial charge >= 0.3 is 5.97 Å². The van der Waals surface area contributed by atoms with Crippen molar-refractivity contribution >= 4 is 5.97 Å². The fraction of sp³-hybridized carbons (Fsp3) is 0.962. The highest BCUT2D eigenvalue weighted by Gasteiger charge is 2.60. The van der Waals surface area contributed by atoms with Crippen LogP contribution in [0.3, 0.4) is 0 Å². The van der Waals surface area contributed by atoms with Crippen LogP contribution in [-0.2, 0) is 9.53 Å². The van der Waals surface area contributed by atoms with Crippen LogP contribution in [0, 0.1) is 46.3 Å². The van der Waals surface area contributed by atoms with E-state index in [0.717, 1.165) is 42.6 Å². The van der Waals surface area contributed by atoms with Gasteiger partial charge in [0.1, 0.15) is 0 Å². The molecule has 0 aromatic carbocycles. The normalized spacial score (nSPS) is 47.7. The largest absolute Gasteiger partial charge is 0.481 e. The summed E-state index contributed by atoms with van der Waals surface area (Å²) < 4.78 is 6.04. The summed E-state index contributed by atoms with van der Waals surface area (Å²) in [5.41, 5.74) is 0.982. The van der Waals surface area contributed by atoms with Crippen LogP contribution in [0.4, 0.5) is 0 Å². The first kappa shape index (κ1) is 21.7. The second-order valence-corrected chi connectivity index (χ2v) is 11.6. The Morgan fingerprint density at radius 1 is 1.03 bits per heavy atom. The molecule has 0 aliphatic heterocycles. The van der Waals surface area contributed by atoms with Gasteiger partial charge < -0.3 is 9.84 Å². The fourth-order valence-electron chi connectivity index (χ4n) is 9.13. The zero-order valence-electron chi connectivity index (χ0n) is 19.3. The second-order valence-electron chi connectivity index (χ2n) is 11.6. The Kier molecular flexibility index (Phi) is 6.10. The van der Waals surface area contributed by atoms with Crippen LogP contribution in [0.25, 0.3) is 0 Å². The average molecular weight is 405 g/mol. The van der Waals surface area contributed by atoms with Crippen LogP contribution in [0.1, 0.15) is 98.3 Å². The van der Waals surface area contributed by atoms with E-state index in [9.17, 15) is 4.79 Å². The van der Waals surface area contributed by atoms with Gasteiger partial charge in [0.15, 0.2) is 0 Å². The molecule has 3 heteroatoms. The van der Waals surface area contributed by atoms with Gasteiger partial charge in [0.05, 0.1) is 6.10 Å². The third-order valence-electron chi connectivity index (χ3n) is 10.6. The van der Waals surface area contributed by atoms with Gasteiger partial charge in [-0.3, -0.25) is 4.79 Å². The predicted octanol–water partition coefficient (Wildman–Crippen LogP) is 6.55. The van der Waals surface area contributed by atoms with Crippen LogP contribution in [0.5, 0.6) is 0 Å². The van der Waals surface area contributed by atoms with Gasteiger partial charge in [0.2, 0.25) is 0 Å². The lowest BCUT2D eigenvalue weighted by atomic mass is 9.44. The zero-order chi connectivity index (χ0) is 20.8. The van der Waals surface area contributed by atoms with E-state index < -0.39 is 5.97 Å². The summed E-state index contributed by atoms with van der Waals surface area (Å²) in [5, 5.41) is 9.14. The molecular weight excluding hydrogens is 360 g/mol. The first-order chi connectivity index (χ1) is 13.8.